The third kappa shape index (κ3) is 3.20. The molecule has 1 saturated heterocycles. The molecule has 3 heterocycles. The molecule has 0 saturated carbocycles. The predicted octanol–water partition coefficient (Wildman–Crippen LogP) is 2.63. The van der Waals surface area contributed by atoms with Gasteiger partial charge in [-0.3, -0.25) is 10.00 Å². The van der Waals surface area contributed by atoms with Crippen molar-refractivity contribution in [3.63, 3.8) is 0 Å². The van der Waals surface area contributed by atoms with Crippen molar-refractivity contribution in [3.05, 3.63) is 48.3 Å². The van der Waals surface area contributed by atoms with Crippen LogP contribution in [0.25, 0.3) is 10.9 Å². The first-order chi connectivity index (χ1) is 12.6. The van der Waals surface area contributed by atoms with Gasteiger partial charge in [0.1, 0.15) is 5.82 Å². The first kappa shape index (κ1) is 16.4. The lowest BCUT2D eigenvalue weighted by Crippen LogP contribution is -2.50. The van der Waals surface area contributed by atoms with Crippen LogP contribution in [-0.2, 0) is 7.05 Å². The van der Waals surface area contributed by atoms with E-state index < -0.39 is 0 Å². The molecule has 134 valence electrons. The Morgan fingerprint density at radius 3 is 2.62 bits per heavy atom. The summed E-state index contributed by atoms with van der Waals surface area (Å²) in [4.78, 5) is 20.8. The van der Waals surface area contributed by atoms with Gasteiger partial charge in [0.15, 0.2) is 0 Å². The highest BCUT2D eigenvalue weighted by molar-refractivity contribution is 5.88. The van der Waals surface area contributed by atoms with Crippen molar-refractivity contribution in [2.75, 3.05) is 36.4 Å². The number of rotatable bonds is 2. The van der Waals surface area contributed by atoms with Crippen molar-refractivity contribution in [1.82, 2.24) is 19.7 Å². The maximum atomic E-state index is 12.4. The van der Waals surface area contributed by atoms with E-state index >= 15 is 0 Å². The molecule has 3 aromatic rings. The van der Waals surface area contributed by atoms with E-state index in [0.29, 0.717) is 18.9 Å². The second kappa shape index (κ2) is 6.67. The number of nitrogens with zero attached hydrogens (tertiary/aromatic N) is 5. The molecule has 1 aliphatic rings. The van der Waals surface area contributed by atoms with Gasteiger partial charge < -0.3 is 9.80 Å². The highest BCUT2D eigenvalue weighted by atomic mass is 16.2. The molecule has 26 heavy (non-hydrogen) atoms. The Kier molecular flexibility index (Phi) is 4.20. The molecule has 1 aromatic carbocycles. The SMILES string of the molecule is Cc1ccc(NC(=O)N2CCN(c3ccc4cnn(C)c4c3)CC2)nc1. The van der Waals surface area contributed by atoms with Crippen molar-refractivity contribution in [2.45, 2.75) is 6.92 Å². The Balaban J connectivity index is 1.39. The molecule has 2 aromatic heterocycles. The fourth-order valence-electron chi connectivity index (χ4n) is 3.23. The Labute approximate surface area is 152 Å². The zero-order chi connectivity index (χ0) is 18.1. The minimum atomic E-state index is -0.0944. The van der Waals surface area contributed by atoms with Crippen LogP contribution in [-0.4, -0.2) is 51.9 Å². The molecular weight excluding hydrogens is 328 g/mol. The van der Waals surface area contributed by atoms with Crippen LogP contribution in [0.5, 0.6) is 0 Å². The largest absolute Gasteiger partial charge is 0.368 e. The third-order valence-corrected chi connectivity index (χ3v) is 4.81. The van der Waals surface area contributed by atoms with Crippen LogP contribution in [0.2, 0.25) is 0 Å². The number of amides is 2. The monoisotopic (exact) mass is 350 g/mol. The van der Waals surface area contributed by atoms with Crippen LogP contribution in [0.4, 0.5) is 16.3 Å². The number of pyridine rings is 1. The molecule has 2 amide bonds. The van der Waals surface area contributed by atoms with Crippen LogP contribution in [0, 0.1) is 6.92 Å². The van der Waals surface area contributed by atoms with Gasteiger partial charge in [0.05, 0.1) is 11.7 Å². The van der Waals surface area contributed by atoms with Crippen LogP contribution >= 0.6 is 0 Å². The summed E-state index contributed by atoms with van der Waals surface area (Å²) in [5.74, 6) is 0.588. The van der Waals surface area contributed by atoms with E-state index in [0.717, 1.165) is 29.6 Å². The fourth-order valence-corrected chi connectivity index (χ4v) is 3.23. The number of aryl methyl sites for hydroxylation is 2. The molecule has 0 atom stereocenters. The second-order valence-electron chi connectivity index (χ2n) is 6.64. The van der Waals surface area contributed by atoms with E-state index in [1.807, 2.05) is 41.9 Å². The number of piperazine rings is 1. The second-order valence-corrected chi connectivity index (χ2v) is 6.64. The number of hydrogen-bond donors (Lipinski definition) is 1. The average Bonchev–Trinajstić information content (AvgIpc) is 3.04. The summed E-state index contributed by atoms with van der Waals surface area (Å²) in [6.07, 6.45) is 3.63. The number of carbonyl (C=O) groups is 1. The standard InChI is InChI=1S/C19H22N6O/c1-14-3-6-18(20-12-14)22-19(26)25-9-7-24(8-10-25)16-5-4-15-13-21-23(2)17(15)11-16/h3-6,11-13H,7-10H2,1-2H3,(H,20,22,26). The Hall–Kier alpha value is -3.09. The molecule has 7 heteroatoms. The number of benzene rings is 1. The first-order valence-corrected chi connectivity index (χ1v) is 8.75. The fraction of sp³-hybridized carbons (Fsp3) is 0.316. The summed E-state index contributed by atoms with van der Waals surface area (Å²) in [7, 11) is 1.95. The lowest BCUT2D eigenvalue weighted by atomic mass is 10.2. The molecule has 7 nitrogen and oxygen atoms in total. The molecular formula is C19H22N6O. The van der Waals surface area contributed by atoms with Crippen LogP contribution in [0.15, 0.2) is 42.7 Å². The summed E-state index contributed by atoms with van der Waals surface area (Å²) >= 11 is 0. The lowest BCUT2D eigenvalue weighted by Gasteiger charge is -2.36. The van der Waals surface area contributed by atoms with Gasteiger partial charge in [-0.1, -0.05) is 6.07 Å². The minimum Gasteiger partial charge on any atom is -0.368 e. The molecule has 1 aliphatic heterocycles. The predicted molar refractivity (Wildman–Crippen MR) is 102 cm³/mol. The Bertz CT molecular complexity index is 925. The van der Waals surface area contributed by atoms with E-state index in [1.54, 1.807) is 6.20 Å². The minimum absolute atomic E-state index is 0.0944. The van der Waals surface area contributed by atoms with Crippen LogP contribution < -0.4 is 10.2 Å². The number of anilines is 2. The molecule has 0 bridgehead atoms. The first-order valence-electron chi connectivity index (χ1n) is 8.75. The molecule has 0 aliphatic carbocycles. The van der Waals surface area contributed by atoms with Crippen LogP contribution in [0.3, 0.4) is 0 Å². The normalized spacial score (nSPS) is 14.7. The number of carbonyl (C=O) groups excluding carboxylic acids is 1. The molecule has 4 rings (SSSR count). The lowest BCUT2D eigenvalue weighted by molar-refractivity contribution is 0.208. The van der Waals surface area contributed by atoms with Gasteiger partial charge in [-0.25, -0.2) is 9.78 Å². The van der Waals surface area contributed by atoms with E-state index in [-0.39, 0.29) is 6.03 Å². The van der Waals surface area contributed by atoms with Gasteiger partial charge >= 0.3 is 6.03 Å². The number of urea groups is 1. The maximum absolute atomic E-state index is 12.4. The van der Waals surface area contributed by atoms with Gasteiger partial charge in [-0.15, -0.1) is 0 Å². The van der Waals surface area contributed by atoms with Crippen molar-refractivity contribution < 1.29 is 4.79 Å². The molecule has 0 unspecified atom stereocenters. The van der Waals surface area contributed by atoms with Crippen molar-refractivity contribution in [1.29, 1.82) is 0 Å². The topological polar surface area (TPSA) is 66.3 Å². The molecule has 1 fully saturated rings. The van der Waals surface area contributed by atoms with E-state index in [2.05, 4.69) is 38.5 Å². The summed E-state index contributed by atoms with van der Waals surface area (Å²) in [6, 6.07) is 10.1. The average molecular weight is 350 g/mol. The molecule has 0 radical (unpaired) electrons. The number of nitrogens with one attached hydrogen (secondary N) is 1. The third-order valence-electron chi connectivity index (χ3n) is 4.81. The van der Waals surface area contributed by atoms with Gasteiger partial charge in [-0.05, 0) is 36.8 Å². The molecule has 0 spiro atoms. The summed E-state index contributed by atoms with van der Waals surface area (Å²) in [6.45, 7) is 4.94. The highest BCUT2D eigenvalue weighted by Gasteiger charge is 2.22. The smallest absolute Gasteiger partial charge is 0.323 e. The quantitative estimate of drug-likeness (QED) is 0.772. The summed E-state index contributed by atoms with van der Waals surface area (Å²) in [5.41, 5.74) is 3.36. The van der Waals surface area contributed by atoms with Gasteiger partial charge in [-0.2, -0.15) is 5.10 Å². The summed E-state index contributed by atoms with van der Waals surface area (Å²) in [5, 5.41) is 8.30. The number of aromatic nitrogens is 3. The molecule has 1 N–H and O–H groups in total. The van der Waals surface area contributed by atoms with E-state index in [9.17, 15) is 4.79 Å². The Morgan fingerprint density at radius 2 is 1.88 bits per heavy atom. The van der Waals surface area contributed by atoms with Crippen molar-refractivity contribution >= 4 is 28.4 Å². The van der Waals surface area contributed by atoms with E-state index in [1.165, 1.54) is 5.69 Å². The number of hydrogen-bond acceptors (Lipinski definition) is 4. The van der Waals surface area contributed by atoms with Crippen molar-refractivity contribution in [2.24, 2.45) is 7.05 Å². The number of fused-ring (bicyclic) bond motifs is 1. The zero-order valence-electron chi connectivity index (χ0n) is 15.0. The maximum Gasteiger partial charge on any atom is 0.323 e. The zero-order valence-corrected chi connectivity index (χ0v) is 15.0. The van der Waals surface area contributed by atoms with Gasteiger partial charge in [0.25, 0.3) is 0 Å². The highest BCUT2D eigenvalue weighted by Crippen LogP contribution is 2.23. The van der Waals surface area contributed by atoms with Crippen LogP contribution in [0.1, 0.15) is 5.56 Å². The Morgan fingerprint density at radius 1 is 1.08 bits per heavy atom. The van der Waals surface area contributed by atoms with Gasteiger partial charge in [0, 0.05) is 50.5 Å². The summed E-state index contributed by atoms with van der Waals surface area (Å²) < 4.78 is 1.89. The van der Waals surface area contributed by atoms with E-state index in [4.69, 9.17) is 0 Å². The van der Waals surface area contributed by atoms with Crippen molar-refractivity contribution in [3.8, 4) is 0 Å². The van der Waals surface area contributed by atoms with Gasteiger partial charge in [0.2, 0.25) is 0 Å².